The Kier molecular flexibility index (Phi) is 5.49. The van der Waals surface area contributed by atoms with E-state index in [4.69, 9.17) is 9.84 Å². The van der Waals surface area contributed by atoms with Crippen molar-refractivity contribution in [3.63, 3.8) is 0 Å². The van der Waals surface area contributed by atoms with Gasteiger partial charge in [-0.1, -0.05) is 19.1 Å². The summed E-state index contributed by atoms with van der Waals surface area (Å²) in [6.45, 7) is 2.90. The Morgan fingerprint density at radius 3 is 2.95 bits per heavy atom. The van der Waals surface area contributed by atoms with Crippen LogP contribution in [0.15, 0.2) is 24.3 Å². The zero-order valence-corrected chi connectivity index (χ0v) is 12.5. The van der Waals surface area contributed by atoms with E-state index in [-0.39, 0.29) is 24.1 Å². The molecule has 1 fully saturated rings. The highest BCUT2D eigenvalue weighted by atomic mass is 19.1. The third kappa shape index (κ3) is 4.53. The number of hydrogen-bond acceptors (Lipinski definition) is 3. The second-order valence-electron chi connectivity index (χ2n) is 5.61. The number of carboxylic acids is 1. The number of carbonyl (C=O) groups is 2. The second-order valence-corrected chi connectivity index (χ2v) is 5.61. The first-order valence-electron chi connectivity index (χ1n) is 7.32. The van der Waals surface area contributed by atoms with Gasteiger partial charge >= 0.3 is 5.97 Å². The highest BCUT2D eigenvalue weighted by Crippen LogP contribution is 2.16. The summed E-state index contributed by atoms with van der Waals surface area (Å²) < 4.78 is 18.5. The molecule has 1 N–H and O–H groups in total. The zero-order valence-electron chi connectivity index (χ0n) is 12.5. The fourth-order valence-electron chi connectivity index (χ4n) is 2.65. The molecule has 0 unspecified atom stereocenters. The van der Waals surface area contributed by atoms with E-state index >= 15 is 0 Å². The van der Waals surface area contributed by atoms with Crippen LogP contribution in [0.4, 0.5) is 4.39 Å². The number of morpholine rings is 1. The topological polar surface area (TPSA) is 66.8 Å². The fourth-order valence-corrected chi connectivity index (χ4v) is 2.65. The molecule has 2 rings (SSSR count). The maximum Gasteiger partial charge on any atom is 0.306 e. The molecule has 1 aromatic rings. The van der Waals surface area contributed by atoms with Crippen LogP contribution in [0.1, 0.15) is 18.9 Å². The van der Waals surface area contributed by atoms with Crippen molar-refractivity contribution >= 4 is 11.9 Å². The second kappa shape index (κ2) is 7.35. The van der Waals surface area contributed by atoms with E-state index in [2.05, 4.69) is 0 Å². The number of carbonyl (C=O) groups excluding carboxylic acids is 1. The summed E-state index contributed by atoms with van der Waals surface area (Å²) in [5, 5.41) is 8.80. The molecule has 0 aromatic heterocycles. The van der Waals surface area contributed by atoms with Gasteiger partial charge in [0.1, 0.15) is 5.82 Å². The van der Waals surface area contributed by atoms with Crippen molar-refractivity contribution in [2.24, 2.45) is 5.92 Å². The standard InChI is InChI=1S/C16H20FNO4/c1-11(7-12-3-2-4-13(17)8-12)16(21)18-5-6-22-14(10-18)9-15(19)20/h2-4,8,11,14H,5-7,9-10H2,1H3,(H,19,20)/t11-,14-/m0/s1. The number of carboxylic acid groups (broad SMARTS) is 1. The highest BCUT2D eigenvalue weighted by molar-refractivity contribution is 5.79. The lowest BCUT2D eigenvalue weighted by Gasteiger charge is -2.34. The summed E-state index contributed by atoms with van der Waals surface area (Å²) in [7, 11) is 0. The zero-order chi connectivity index (χ0) is 16.1. The van der Waals surface area contributed by atoms with Crippen LogP contribution in [-0.4, -0.2) is 47.7 Å². The van der Waals surface area contributed by atoms with Gasteiger partial charge in [0, 0.05) is 19.0 Å². The Morgan fingerprint density at radius 2 is 2.27 bits per heavy atom. The van der Waals surface area contributed by atoms with Crippen molar-refractivity contribution in [1.29, 1.82) is 0 Å². The molecule has 5 nitrogen and oxygen atoms in total. The lowest BCUT2D eigenvalue weighted by Crippen LogP contribution is -2.48. The van der Waals surface area contributed by atoms with Gasteiger partial charge in [0.15, 0.2) is 0 Å². The van der Waals surface area contributed by atoms with Crippen LogP contribution in [-0.2, 0) is 20.7 Å². The molecule has 1 amide bonds. The van der Waals surface area contributed by atoms with Gasteiger partial charge in [-0.3, -0.25) is 9.59 Å². The molecular formula is C16H20FNO4. The monoisotopic (exact) mass is 309 g/mol. The predicted molar refractivity (Wildman–Crippen MR) is 77.8 cm³/mol. The molecule has 1 aromatic carbocycles. The predicted octanol–water partition coefficient (Wildman–Crippen LogP) is 1.71. The normalized spacial score (nSPS) is 19.7. The van der Waals surface area contributed by atoms with Crippen molar-refractivity contribution in [2.45, 2.75) is 25.9 Å². The number of rotatable bonds is 5. The molecule has 1 heterocycles. The molecule has 120 valence electrons. The lowest BCUT2D eigenvalue weighted by atomic mass is 9.99. The number of halogens is 1. The lowest BCUT2D eigenvalue weighted by molar-refractivity contribution is -0.149. The smallest absolute Gasteiger partial charge is 0.306 e. The van der Waals surface area contributed by atoms with Crippen LogP contribution in [0, 0.1) is 11.7 Å². The summed E-state index contributed by atoms with van der Waals surface area (Å²) in [6.07, 6.45) is -0.115. The maximum absolute atomic E-state index is 13.2. The molecule has 2 atom stereocenters. The molecule has 1 aliphatic rings. The number of aliphatic carboxylic acids is 1. The first-order valence-corrected chi connectivity index (χ1v) is 7.32. The van der Waals surface area contributed by atoms with Gasteiger partial charge < -0.3 is 14.7 Å². The fraction of sp³-hybridized carbons (Fsp3) is 0.500. The minimum atomic E-state index is -0.938. The van der Waals surface area contributed by atoms with Gasteiger partial charge in [-0.2, -0.15) is 0 Å². The van der Waals surface area contributed by atoms with E-state index in [0.717, 1.165) is 5.56 Å². The van der Waals surface area contributed by atoms with E-state index in [1.807, 2.05) is 0 Å². The molecular weight excluding hydrogens is 289 g/mol. The summed E-state index contributed by atoms with van der Waals surface area (Å²) in [4.78, 5) is 24.8. The quantitative estimate of drug-likeness (QED) is 0.899. The van der Waals surface area contributed by atoms with Crippen molar-refractivity contribution in [3.05, 3.63) is 35.6 Å². The molecule has 0 bridgehead atoms. The number of nitrogens with zero attached hydrogens (tertiary/aromatic N) is 1. The van der Waals surface area contributed by atoms with Gasteiger partial charge in [0.25, 0.3) is 0 Å². The van der Waals surface area contributed by atoms with E-state index in [0.29, 0.717) is 26.1 Å². The Balaban J connectivity index is 1.93. The van der Waals surface area contributed by atoms with E-state index in [1.54, 1.807) is 24.0 Å². The van der Waals surface area contributed by atoms with Crippen LogP contribution < -0.4 is 0 Å². The van der Waals surface area contributed by atoms with Crippen molar-refractivity contribution < 1.29 is 23.8 Å². The maximum atomic E-state index is 13.2. The molecule has 0 radical (unpaired) electrons. The number of hydrogen-bond donors (Lipinski definition) is 1. The van der Waals surface area contributed by atoms with Gasteiger partial charge in [0.05, 0.1) is 19.1 Å². The largest absolute Gasteiger partial charge is 0.481 e. The van der Waals surface area contributed by atoms with E-state index in [1.165, 1.54) is 12.1 Å². The van der Waals surface area contributed by atoms with Crippen LogP contribution >= 0.6 is 0 Å². The average molecular weight is 309 g/mol. The van der Waals surface area contributed by atoms with Gasteiger partial charge in [0.2, 0.25) is 5.91 Å². The Labute approximate surface area is 128 Å². The summed E-state index contributed by atoms with van der Waals surface area (Å²) in [6, 6.07) is 6.21. The summed E-state index contributed by atoms with van der Waals surface area (Å²) in [5.74, 6) is -1.59. The van der Waals surface area contributed by atoms with Gasteiger partial charge in [-0.15, -0.1) is 0 Å². The van der Waals surface area contributed by atoms with Crippen molar-refractivity contribution in [2.75, 3.05) is 19.7 Å². The third-order valence-corrected chi connectivity index (χ3v) is 3.71. The Morgan fingerprint density at radius 1 is 1.50 bits per heavy atom. The van der Waals surface area contributed by atoms with E-state index in [9.17, 15) is 14.0 Å². The Bertz CT molecular complexity index is 549. The molecule has 0 spiro atoms. The minimum absolute atomic E-state index is 0.0528. The molecule has 1 aliphatic heterocycles. The van der Waals surface area contributed by atoms with Gasteiger partial charge in [-0.25, -0.2) is 4.39 Å². The van der Waals surface area contributed by atoms with Crippen LogP contribution in [0.25, 0.3) is 0 Å². The highest BCUT2D eigenvalue weighted by Gasteiger charge is 2.28. The minimum Gasteiger partial charge on any atom is -0.481 e. The van der Waals surface area contributed by atoms with E-state index < -0.39 is 12.1 Å². The number of benzene rings is 1. The first-order chi connectivity index (χ1) is 10.5. The van der Waals surface area contributed by atoms with Crippen molar-refractivity contribution in [3.8, 4) is 0 Å². The van der Waals surface area contributed by atoms with Crippen LogP contribution in [0.5, 0.6) is 0 Å². The first kappa shape index (κ1) is 16.4. The van der Waals surface area contributed by atoms with Gasteiger partial charge in [-0.05, 0) is 24.1 Å². The Hall–Kier alpha value is -1.95. The molecule has 0 saturated carbocycles. The van der Waals surface area contributed by atoms with Crippen LogP contribution in [0.2, 0.25) is 0 Å². The molecule has 0 aliphatic carbocycles. The van der Waals surface area contributed by atoms with Crippen molar-refractivity contribution in [1.82, 2.24) is 4.90 Å². The SMILES string of the molecule is C[C@@H](Cc1cccc(F)c1)C(=O)N1CCO[C@@H](CC(=O)O)C1. The number of ether oxygens (including phenoxy) is 1. The van der Waals surface area contributed by atoms with Crippen LogP contribution in [0.3, 0.4) is 0 Å². The molecule has 6 heteroatoms. The molecule has 1 saturated heterocycles. The summed E-state index contributed by atoms with van der Waals surface area (Å²) >= 11 is 0. The average Bonchev–Trinajstić information content (AvgIpc) is 2.46. The summed E-state index contributed by atoms with van der Waals surface area (Å²) in [5.41, 5.74) is 0.774. The number of amides is 1. The molecule has 22 heavy (non-hydrogen) atoms. The third-order valence-electron chi connectivity index (χ3n) is 3.71.